The van der Waals surface area contributed by atoms with E-state index in [0.29, 0.717) is 11.7 Å². The van der Waals surface area contributed by atoms with Gasteiger partial charge in [-0.1, -0.05) is 23.7 Å². The number of hydrogen-bond acceptors (Lipinski definition) is 3. The van der Waals surface area contributed by atoms with Crippen LogP contribution in [0.4, 0.5) is 0 Å². The SMILES string of the molecule is Oc1cc(O)c2c(c1)CCN(C(=S)NCCc1ccc(Cl)cc1)C2. The van der Waals surface area contributed by atoms with Gasteiger partial charge in [0.15, 0.2) is 5.11 Å². The lowest BCUT2D eigenvalue weighted by molar-refractivity contribution is 0.367. The molecule has 0 radical (unpaired) electrons. The molecule has 126 valence electrons. The largest absolute Gasteiger partial charge is 0.508 e. The first-order chi connectivity index (χ1) is 11.5. The first kappa shape index (κ1) is 16.9. The van der Waals surface area contributed by atoms with Crippen LogP contribution < -0.4 is 5.32 Å². The summed E-state index contributed by atoms with van der Waals surface area (Å²) in [6, 6.07) is 10.9. The number of fused-ring (bicyclic) bond motifs is 1. The molecule has 0 unspecified atom stereocenters. The van der Waals surface area contributed by atoms with Crippen molar-refractivity contribution < 1.29 is 10.2 Å². The molecule has 2 aromatic carbocycles. The molecular formula is C18H19ClN2O2S. The number of phenolic OH excluding ortho intramolecular Hbond substituents is 2. The Morgan fingerprint density at radius 2 is 1.96 bits per heavy atom. The number of nitrogens with one attached hydrogen (secondary N) is 1. The number of aromatic hydroxyl groups is 2. The van der Waals surface area contributed by atoms with Crippen molar-refractivity contribution in [1.29, 1.82) is 0 Å². The molecule has 6 heteroatoms. The highest BCUT2D eigenvalue weighted by atomic mass is 35.5. The number of phenols is 2. The van der Waals surface area contributed by atoms with Crippen LogP contribution in [0.3, 0.4) is 0 Å². The Kier molecular flexibility index (Phi) is 5.11. The summed E-state index contributed by atoms with van der Waals surface area (Å²) in [5.41, 5.74) is 3.01. The summed E-state index contributed by atoms with van der Waals surface area (Å²) in [5.74, 6) is 0.224. The van der Waals surface area contributed by atoms with E-state index < -0.39 is 0 Å². The highest BCUT2D eigenvalue weighted by Crippen LogP contribution is 2.31. The fourth-order valence-corrected chi connectivity index (χ4v) is 3.26. The maximum Gasteiger partial charge on any atom is 0.169 e. The molecule has 0 aliphatic carbocycles. The van der Waals surface area contributed by atoms with Gasteiger partial charge in [0.1, 0.15) is 11.5 Å². The fourth-order valence-electron chi connectivity index (χ4n) is 2.88. The molecule has 0 saturated carbocycles. The van der Waals surface area contributed by atoms with E-state index in [1.807, 2.05) is 29.2 Å². The van der Waals surface area contributed by atoms with E-state index in [1.54, 1.807) is 6.07 Å². The fraction of sp³-hybridized carbons (Fsp3) is 0.278. The predicted molar refractivity (Wildman–Crippen MR) is 99.6 cm³/mol. The first-order valence-electron chi connectivity index (χ1n) is 7.84. The third kappa shape index (κ3) is 3.91. The number of rotatable bonds is 3. The van der Waals surface area contributed by atoms with E-state index in [9.17, 15) is 10.2 Å². The number of thiocarbonyl (C=S) groups is 1. The van der Waals surface area contributed by atoms with Crippen LogP contribution in [0, 0.1) is 0 Å². The minimum absolute atomic E-state index is 0.100. The van der Waals surface area contributed by atoms with Gasteiger partial charge in [0.2, 0.25) is 0 Å². The van der Waals surface area contributed by atoms with Crippen molar-refractivity contribution in [2.75, 3.05) is 13.1 Å². The molecular weight excluding hydrogens is 344 g/mol. The van der Waals surface area contributed by atoms with Crippen molar-refractivity contribution in [2.24, 2.45) is 0 Å². The standard InChI is InChI=1S/C18H19ClN2O2S/c19-14-3-1-12(2-4-14)5-7-20-18(24)21-8-6-13-9-15(22)10-17(23)16(13)11-21/h1-4,9-10,22-23H,5-8,11H2,(H,20,24). The van der Waals surface area contributed by atoms with Gasteiger partial charge in [-0.15, -0.1) is 0 Å². The molecule has 24 heavy (non-hydrogen) atoms. The molecule has 0 atom stereocenters. The van der Waals surface area contributed by atoms with Gasteiger partial charge in [-0.25, -0.2) is 0 Å². The lowest BCUT2D eigenvalue weighted by Crippen LogP contribution is -2.43. The summed E-state index contributed by atoms with van der Waals surface area (Å²) >= 11 is 11.4. The van der Waals surface area contributed by atoms with Gasteiger partial charge in [0, 0.05) is 36.3 Å². The lowest BCUT2D eigenvalue weighted by Gasteiger charge is -2.31. The van der Waals surface area contributed by atoms with Crippen LogP contribution >= 0.6 is 23.8 Å². The van der Waals surface area contributed by atoms with Gasteiger partial charge in [-0.2, -0.15) is 0 Å². The third-order valence-electron chi connectivity index (χ3n) is 4.19. The van der Waals surface area contributed by atoms with E-state index in [-0.39, 0.29) is 11.5 Å². The van der Waals surface area contributed by atoms with E-state index in [4.69, 9.17) is 23.8 Å². The van der Waals surface area contributed by atoms with Crippen LogP contribution in [0.25, 0.3) is 0 Å². The smallest absolute Gasteiger partial charge is 0.169 e. The molecule has 3 rings (SSSR count). The van der Waals surface area contributed by atoms with Crippen molar-refractivity contribution in [1.82, 2.24) is 10.2 Å². The molecule has 1 aliphatic rings. The number of benzene rings is 2. The minimum atomic E-state index is 0.100. The summed E-state index contributed by atoms with van der Waals surface area (Å²) in [6.45, 7) is 2.06. The predicted octanol–water partition coefficient (Wildman–Crippen LogP) is 3.23. The molecule has 0 fully saturated rings. The van der Waals surface area contributed by atoms with Crippen LogP contribution in [0.15, 0.2) is 36.4 Å². The van der Waals surface area contributed by atoms with Gasteiger partial charge in [-0.05, 0) is 54.4 Å². The Morgan fingerprint density at radius 1 is 1.21 bits per heavy atom. The minimum Gasteiger partial charge on any atom is -0.508 e. The Hall–Kier alpha value is -1.98. The highest BCUT2D eigenvalue weighted by Gasteiger charge is 2.21. The van der Waals surface area contributed by atoms with Gasteiger partial charge in [-0.3, -0.25) is 0 Å². The summed E-state index contributed by atoms with van der Waals surface area (Å²) in [7, 11) is 0. The topological polar surface area (TPSA) is 55.7 Å². The second-order valence-corrected chi connectivity index (χ2v) is 6.71. The van der Waals surface area contributed by atoms with E-state index in [0.717, 1.165) is 42.1 Å². The Morgan fingerprint density at radius 3 is 2.71 bits per heavy atom. The molecule has 1 heterocycles. The number of nitrogens with zero attached hydrogens (tertiary/aromatic N) is 1. The Balaban J connectivity index is 1.55. The van der Waals surface area contributed by atoms with Crippen molar-refractivity contribution >= 4 is 28.9 Å². The molecule has 2 aromatic rings. The number of halogens is 1. The van der Waals surface area contributed by atoms with Crippen molar-refractivity contribution in [3.05, 3.63) is 58.1 Å². The molecule has 0 saturated heterocycles. The van der Waals surface area contributed by atoms with Crippen LogP contribution in [0.1, 0.15) is 16.7 Å². The molecule has 3 N–H and O–H groups in total. The lowest BCUT2D eigenvalue weighted by atomic mass is 9.98. The summed E-state index contributed by atoms with van der Waals surface area (Å²) in [4.78, 5) is 2.04. The van der Waals surface area contributed by atoms with Crippen LogP contribution in [0.2, 0.25) is 5.02 Å². The van der Waals surface area contributed by atoms with Gasteiger partial charge < -0.3 is 20.4 Å². The zero-order valence-corrected chi connectivity index (χ0v) is 14.7. The zero-order chi connectivity index (χ0) is 17.1. The van der Waals surface area contributed by atoms with Crippen molar-refractivity contribution in [3.8, 4) is 11.5 Å². The molecule has 0 bridgehead atoms. The Labute approximate surface area is 151 Å². The Bertz CT molecular complexity index is 749. The van der Waals surface area contributed by atoms with Crippen molar-refractivity contribution in [3.63, 3.8) is 0 Å². The van der Waals surface area contributed by atoms with Crippen LogP contribution in [-0.2, 0) is 19.4 Å². The second kappa shape index (κ2) is 7.28. The molecule has 0 spiro atoms. The molecule has 0 aromatic heterocycles. The van der Waals surface area contributed by atoms with E-state index in [1.165, 1.54) is 11.6 Å². The maximum absolute atomic E-state index is 10.0. The average molecular weight is 363 g/mol. The van der Waals surface area contributed by atoms with Crippen LogP contribution in [0.5, 0.6) is 11.5 Å². The summed E-state index contributed by atoms with van der Waals surface area (Å²) in [5, 5.41) is 24.3. The van der Waals surface area contributed by atoms with Gasteiger partial charge in [0.25, 0.3) is 0 Å². The summed E-state index contributed by atoms with van der Waals surface area (Å²) < 4.78 is 0. The molecule has 0 amide bonds. The van der Waals surface area contributed by atoms with Crippen molar-refractivity contribution in [2.45, 2.75) is 19.4 Å². The summed E-state index contributed by atoms with van der Waals surface area (Å²) in [6.07, 6.45) is 1.61. The third-order valence-corrected chi connectivity index (χ3v) is 4.85. The normalized spacial score (nSPS) is 13.5. The van der Waals surface area contributed by atoms with E-state index >= 15 is 0 Å². The average Bonchev–Trinajstić information content (AvgIpc) is 2.56. The quantitative estimate of drug-likeness (QED) is 0.732. The highest BCUT2D eigenvalue weighted by molar-refractivity contribution is 7.80. The zero-order valence-electron chi connectivity index (χ0n) is 13.1. The van der Waals surface area contributed by atoms with Crippen LogP contribution in [-0.4, -0.2) is 33.3 Å². The first-order valence-corrected chi connectivity index (χ1v) is 8.62. The molecule has 4 nitrogen and oxygen atoms in total. The maximum atomic E-state index is 10.0. The van der Waals surface area contributed by atoms with Gasteiger partial charge >= 0.3 is 0 Å². The van der Waals surface area contributed by atoms with Gasteiger partial charge in [0.05, 0.1) is 0 Å². The monoisotopic (exact) mass is 362 g/mol. The second-order valence-electron chi connectivity index (χ2n) is 5.88. The number of hydrogen-bond donors (Lipinski definition) is 3. The van der Waals surface area contributed by atoms with E-state index in [2.05, 4.69) is 5.32 Å². The molecule has 1 aliphatic heterocycles.